The maximum absolute atomic E-state index is 2.35. The molecule has 0 fully saturated rings. The SMILES string of the molecule is CCCI.O. The van der Waals surface area contributed by atoms with Crippen molar-refractivity contribution in [2.75, 3.05) is 4.43 Å². The zero-order valence-corrected chi connectivity index (χ0v) is 5.45. The second kappa shape index (κ2) is 8.83. The van der Waals surface area contributed by atoms with E-state index in [0.29, 0.717) is 0 Å². The first kappa shape index (κ1) is 9.19. The van der Waals surface area contributed by atoms with Gasteiger partial charge in [-0.2, -0.15) is 0 Å². The Morgan fingerprint density at radius 3 is 1.80 bits per heavy atom. The van der Waals surface area contributed by atoms with Gasteiger partial charge in [0.2, 0.25) is 0 Å². The van der Waals surface area contributed by atoms with E-state index >= 15 is 0 Å². The van der Waals surface area contributed by atoms with Gasteiger partial charge >= 0.3 is 0 Å². The van der Waals surface area contributed by atoms with Crippen LogP contribution in [0.25, 0.3) is 0 Å². The van der Waals surface area contributed by atoms with Crippen molar-refractivity contribution in [3.63, 3.8) is 0 Å². The van der Waals surface area contributed by atoms with Gasteiger partial charge in [-0.1, -0.05) is 29.5 Å². The van der Waals surface area contributed by atoms with E-state index in [1.807, 2.05) is 0 Å². The van der Waals surface area contributed by atoms with Crippen LogP contribution in [0.1, 0.15) is 13.3 Å². The largest absolute Gasteiger partial charge is 0.412 e. The average Bonchev–Trinajstić information content (AvgIpc) is 1.37. The van der Waals surface area contributed by atoms with E-state index in [9.17, 15) is 0 Å². The maximum atomic E-state index is 2.35. The van der Waals surface area contributed by atoms with Gasteiger partial charge in [0.1, 0.15) is 0 Å². The van der Waals surface area contributed by atoms with Gasteiger partial charge in [-0.05, 0) is 10.8 Å². The number of hydrogen-bond acceptors (Lipinski definition) is 0. The Hall–Kier alpha value is 0.690. The molecule has 0 aliphatic rings. The second-order valence-corrected chi connectivity index (χ2v) is 1.77. The number of alkyl halides is 1. The van der Waals surface area contributed by atoms with E-state index in [-0.39, 0.29) is 5.48 Å². The predicted molar refractivity (Wildman–Crippen MR) is 32.8 cm³/mol. The summed E-state index contributed by atoms with van der Waals surface area (Å²) in [4.78, 5) is 0. The Morgan fingerprint density at radius 1 is 1.60 bits per heavy atom. The summed E-state index contributed by atoms with van der Waals surface area (Å²) in [5.41, 5.74) is 0. The molecule has 0 radical (unpaired) electrons. The summed E-state index contributed by atoms with van der Waals surface area (Å²) in [5.74, 6) is 0. The summed E-state index contributed by atoms with van der Waals surface area (Å²) in [5, 5.41) is 0. The highest BCUT2D eigenvalue weighted by Gasteiger charge is 1.58. The van der Waals surface area contributed by atoms with Crippen LogP contribution in [-0.2, 0) is 0 Å². The molecule has 0 aliphatic heterocycles. The second-order valence-electron chi connectivity index (χ2n) is 0.689. The molecule has 2 N–H and O–H groups in total. The van der Waals surface area contributed by atoms with Crippen LogP contribution in [0, 0.1) is 0 Å². The number of rotatable bonds is 1. The van der Waals surface area contributed by atoms with Crippen LogP contribution in [0.2, 0.25) is 0 Å². The lowest BCUT2D eigenvalue weighted by Crippen LogP contribution is -1.54. The molecule has 2 heteroatoms. The van der Waals surface area contributed by atoms with Crippen molar-refractivity contribution in [3.8, 4) is 0 Å². The van der Waals surface area contributed by atoms with Crippen LogP contribution in [0.4, 0.5) is 0 Å². The number of halogens is 1. The molecule has 0 saturated carbocycles. The third-order valence-electron chi connectivity index (χ3n) is 0.189. The highest BCUT2D eigenvalue weighted by Crippen LogP contribution is 1.81. The molecule has 0 rings (SSSR count). The minimum Gasteiger partial charge on any atom is -0.412 e. The van der Waals surface area contributed by atoms with E-state index in [4.69, 9.17) is 0 Å². The Kier molecular flexibility index (Phi) is 16.2. The van der Waals surface area contributed by atoms with E-state index in [0.717, 1.165) is 0 Å². The lowest BCUT2D eigenvalue weighted by Gasteiger charge is -1.66. The van der Waals surface area contributed by atoms with Gasteiger partial charge in [-0.25, -0.2) is 0 Å². The third-order valence-corrected chi connectivity index (χ3v) is 1.27. The first-order valence-electron chi connectivity index (χ1n) is 1.47. The summed E-state index contributed by atoms with van der Waals surface area (Å²) in [6.45, 7) is 2.17. The molecule has 0 amide bonds. The van der Waals surface area contributed by atoms with Crippen LogP contribution in [0.5, 0.6) is 0 Å². The Bertz CT molecular complexity index is 8.85. The van der Waals surface area contributed by atoms with Gasteiger partial charge in [-0.3, -0.25) is 0 Å². The Balaban J connectivity index is 0. The van der Waals surface area contributed by atoms with Gasteiger partial charge in [0.15, 0.2) is 0 Å². The lowest BCUT2D eigenvalue weighted by atomic mass is 10.6. The summed E-state index contributed by atoms with van der Waals surface area (Å²) >= 11 is 2.35. The van der Waals surface area contributed by atoms with Gasteiger partial charge in [0.05, 0.1) is 0 Å². The molecule has 0 bridgehead atoms. The Labute approximate surface area is 46.2 Å². The van der Waals surface area contributed by atoms with Crippen molar-refractivity contribution in [1.29, 1.82) is 0 Å². The van der Waals surface area contributed by atoms with Gasteiger partial charge in [0, 0.05) is 0 Å². The van der Waals surface area contributed by atoms with Crippen molar-refractivity contribution >= 4 is 22.6 Å². The molecule has 0 aromatic heterocycles. The normalized spacial score (nSPS) is 6.00. The van der Waals surface area contributed by atoms with E-state index in [1.165, 1.54) is 10.8 Å². The molecule has 0 aromatic carbocycles. The van der Waals surface area contributed by atoms with Crippen LogP contribution >= 0.6 is 22.6 Å². The first-order valence-corrected chi connectivity index (χ1v) is 3.00. The van der Waals surface area contributed by atoms with Crippen LogP contribution in [-0.4, -0.2) is 9.90 Å². The average molecular weight is 188 g/mol. The topological polar surface area (TPSA) is 31.5 Å². The predicted octanol–water partition coefficient (Wildman–Crippen LogP) is 1.01. The van der Waals surface area contributed by atoms with Gasteiger partial charge in [0.25, 0.3) is 0 Å². The van der Waals surface area contributed by atoms with Crippen LogP contribution < -0.4 is 0 Å². The summed E-state index contributed by atoms with van der Waals surface area (Å²) in [6, 6.07) is 0. The molecule has 0 atom stereocenters. The molecule has 5 heavy (non-hydrogen) atoms. The minimum atomic E-state index is 0. The fourth-order valence-electron chi connectivity index (χ4n) is 0. The zero-order valence-electron chi connectivity index (χ0n) is 3.29. The molecule has 1 nitrogen and oxygen atoms in total. The molecule has 0 aromatic rings. The monoisotopic (exact) mass is 188 g/mol. The van der Waals surface area contributed by atoms with Crippen LogP contribution in [0.15, 0.2) is 0 Å². The first-order chi connectivity index (χ1) is 1.91. The summed E-state index contributed by atoms with van der Waals surface area (Å²) in [7, 11) is 0. The highest BCUT2D eigenvalue weighted by molar-refractivity contribution is 14.1. The van der Waals surface area contributed by atoms with Crippen LogP contribution in [0.3, 0.4) is 0 Å². The van der Waals surface area contributed by atoms with Crippen molar-refractivity contribution in [2.45, 2.75) is 13.3 Å². The standard InChI is InChI=1S/C3H7I.H2O/c1-2-3-4;/h2-3H2,1H3;1H2. The highest BCUT2D eigenvalue weighted by atomic mass is 127. The molecule has 0 heterocycles. The fourth-order valence-corrected chi connectivity index (χ4v) is 0. The minimum absolute atomic E-state index is 0. The third kappa shape index (κ3) is 11.9. The van der Waals surface area contributed by atoms with Crippen molar-refractivity contribution < 1.29 is 5.48 Å². The zero-order chi connectivity index (χ0) is 3.41. The fraction of sp³-hybridized carbons (Fsp3) is 1.00. The molecule has 0 aliphatic carbocycles. The quantitative estimate of drug-likeness (QED) is 0.434. The summed E-state index contributed by atoms with van der Waals surface area (Å²) < 4.78 is 1.29. The van der Waals surface area contributed by atoms with Crippen molar-refractivity contribution in [1.82, 2.24) is 0 Å². The van der Waals surface area contributed by atoms with E-state index < -0.39 is 0 Å². The lowest BCUT2D eigenvalue weighted by molar-refractivity contribution is 0.824. The maximum Gasteiger partial charge on any atom is -0.000735 e. The molecule has 0 unspecified atom stereocenters. The number of hydrogen-bond donors (Lipinski definition) is 0. The van der Waals surface area contributed by atoms with Gasteiger partial charge < -0.3 is 5.48 Å². The molecule has 34 valence electrons. The van der Waals surface area contributed by atoms with Crippen molar-refractivity contribution in [3.05, 3.63) is 0 Å². The van der Waals surface area contributed by atoms with Crippen molar-refractivity contribution in [2.24, 2.45) is 0 Å². The molecular weight excluding hydrogens is 179 g/mol. The molecule has 0 spiro atoms. The summed E-state index contributed by atoms with van der Waals surface area (Å²) in [6.07, 6.45) is 1.31. The van der Waals surface area contributed by atoms with E-state index in [1.54, 1.807) is 0 Å². The smallest absolute Gasteiger partial charge is 0.000735 e. The van der Waals surface area contributed by atoms with E-state index in [2.05, 4.69) is 29.5 Å². The van der Waals surface area contributed by atoms with Gasteiger partial charge in [-0.15, -0.1) is 0 Å². The molecular formula is C3H9IO. The molecule has 0 saturated heterocycles. The Morgan fingerprint density at radius 2 is 1.80 bits per heavy atom.